The summed E-state index contributed by atoms with van der Waals surface area (Å²) in [5.41, 5.74) is 3.56. The largest absolute Gasteiger partial charge is 0.324 e. The first-order chi connectivity index (χ1) is 11.6. The lowest BCUT2D eigenvalue weighted by Crippen LogP contribution is -2.44. The normalized spacial score (nSPS) is 16.9. The van der Waals surface area contributed by atoms with Crippen molar-refractivity contribution < 1.29 is 9.59 Å². The summed E-state index contributed by atoms with van der Waals surface area (Å²) in [5, 5.41) is 2.93. The SMILES string of the molecule is Cc1ccc(NC(=O)[C@H]2CSCN2C(=O)c2cccnc2)cc1C. The molecule has 0 aliphatic carbocycles. The van der Waals surface area contributed by atoms with E-state index in [0.717, 1.165) is 11.3 Å². The van der Waals surface area contributed by atoms with Crippen LogP contribution in [0, 0.1) is 13.8 Å². The topological polar surface area (TPSA) is 62.3 Å². The first kappa shape index (κ1) is 16.5. The van der Waals surface area contributed by atoms with Gasteiger partial charge in [-0.3, -0.25) is 14.6 Å². The molecular formula is C18H19N3O2S. The van der Waals surface area contributed by atoms with Gasteiger partial charge in [0.2, 0.25) is 5.91 Å². The van der Waals surface area contributed by atoms with E-state index in [1.807, 2.05) is 32.0 Å². The number of pyridine rings is 1. The molecule has 1 atom stereocenters. The number of rotatable bonds is 3. The average molecular weight is 341 g/mol. The van der Waals surface area contributed by atoms with E-state index in [2.05, 4.69) is 10.3 Å². The molecule has 1 saturated heterocycles. The fraction of sp³-hybridized carbons (Fsp3) is 0.278. The smallest absolute Gasteiger partial charge is 0.256 e. The van der Waals surface area contributed by atoms with Gasteiger partial charge in [0.05, 0.1) is 11.4 Å². The maximum Gasteiger partial charge on any atom is 0.256 e. The Balaban J connectivity index is 1.74. The molecule has 24 heavy (non-hydrogen) atoms. The molecular weight excluding hydrogens is 322 g/mol. The predicted octanol–water partition coefficient (Wildman–Crippen LogP) is 2.85. The molecule has 5 nitrogen and oxygen atoms in total. The van der Waals surface area contributed by atoms with Crippen LogP contribution in [0.5, 0.6) is 0 Å². The second kappa shape index (κ2) is 7.05. The molecule has 0 bridgehead atoms. The lowest BCUT2D eigenvalue weighted by molar-refractivity contribution is -0.119. The van der Waals surface area contributed by atoms with E-state index in [0.29, 0.717) is 17.2 Å². The average Bonchev–Trinajstić information content (AvgIpc) is 3.08. The van der Waals surface area contributed by atoms with Gasteiger partial charge in [0.1, 0.15) is 6.04 Å². The molecule has 6 heteroatoms. The van der Waals surface area contributed by atoms with Crippen LogP contribution < -0.4 is 5.32 Å². The molecule has 0 spiro atoms. The third-order valence-corrected chi connectivity index (χ3v) is 5.14. The summed E-state index contributed by atoms with van der Waals surface area (Å²) in [6.07, 6.45) is 3.16. The number of benzene rings is 1. The number of aryl methyl sites for hydroxylation is 2. The Kier molecular flexibility index (Phi) is 4.85. The lowest BCUT2D eigenvalue weighted by atomic mass is 10.1. The monoisotopic (exact) mass is 341 g/mol. The number of hydrogen-bond donors (Lipinski definition) is 1. The molecule has 1 fully saturated rings. The van der Waals surface area contributed by atoms with Gasteiger partial charge < -0.3 is 10.2 Å². The number of nitrogens with zero attached hydrogens (tertiary/aromatic N) is 2. The molecule has 2 amide bonds. The second-order valence-electron chi connectivity index (χ2n) is 5.82. The number of carbonyl (C=O) groups is 2. The van der Waals surface area contributed by atoms with Crippen LogP contribution >= 0.6 is 11.8 Å². The molecule has 1 aliphatic rings. The third-order valence-electron chi connectivity index (χ3n) is 4.13. The van der Waals surface area contributed by atoms with Crippen molar-refractivity contribution in [1.29, 1.82) is 0 Å². The van der Waals surface area contributed by atoms with Gasteiger partial charge in [0.15, 0.2) is 0 Å². The fourth-order valence-electron chi connectivity index (χ4n) is 2.56. The quantitative estimate of drug-likeness (QED) is 0.932. The van der Waals surface area contributed by atoms with E-state index < -0.39 is 6.04 Å². The zero-order chi connectivity index (χ0) is 17.1. The van der Waals surface area contributed by atoms with Crippen molar-refractivity contribution in [2.24, 2.45) is 0 Å². The first-order valence-corrected chi connectivity index (χ1v) is 8.88. The molecule has 0 saturated carbocycles. The van der Waals surface area contributed by atoms with Gasteiger partial charge in [-0.1, -0.05) is 6.07 Å². The summed E-state index contributed by atoms with van der Waals surface area (Å²) in [7, 11) is 0. The number of carbonyl (C=O) groups excluding carboxylic acids is 2. The summed E-state index contributed by atoms with van der Waals surface area (Å²) in [5.74, 6) is 0.801. The van der Waals surface area contributed by atoms with Gasteiger partial charge in [-0.15, -0.1) is 11.8 Å². The number of thioether (sulfide) groups is 1. The Morgan fingerprint density at radius 1 is 1.25 bits per heavy atom. The molecule has 0 radical (unpaired) electrons. The van der Waals surface area contributed by atoms with Gasteiger partial charge in [0, 0.05) is 23.8 Å². The standard InChI is InChI=1S/C18H19N3O2S/c1-12-5-6-15(8-13(12)2)20-17(22)16-10-24-11-21(16)18(23)14-4-3-7-19-9-14/h3-9,16H,10-11H2,1-2H3,(H,20,22)/t16-/m1/s1. The van der Waals surface area contributed by atoms with Gasteiger partial charge in [-0.25, -0.2) is 0 Å². The highest BCUT2D eigenvalue weighted by Gasteiger charge is 2.35. The maximum absolute atomic E-state index is 12.6. The molecule has 1 aliphatic heterocycles. The van der Waals surface area contributed by atoms with E-state index in [4.69, 9.17) is 0 Å². The first-order valence-electron chi connectivity index (χ1n) is 7.73. The van der Waals surface area contributed by atoms with Gasteiger partial charge >= 0.3 is 0 Å². The highest BCUT2D eigenvalue weighted by molar-refractivity contribution is 7.99. The van der Waals surface area contributed by atoms with Crippen LogP contribution in [0.1, 0.15) is 21.5 Å². The Labute approximate surface area is 145 Å². The minimum absolute atomic E-state index is 0.152. The highest BCUT2D eigenvalue weighted by Crippen LogP contribution is 2.24. The van der Waals surface area contributed by atoms with Crippen molar-refractivity contribution in [3.8, 4) is 0 Å². The van der Waals surface area contributed by atoms with Crippen LogP contribution in [0.4, 0.5) is 5.69 Å². The van der Waals surface area contributed by atoms with Gasteiger partial charge in [0.25, 0.3) is 5.91 Å². The third kappa shape index (κ3) is 3.43. The van der Waals surface area contributed by atoms with Crippen LogP contribution in [-0.2, 0) is 4.79 Å². The minimum atomic E-state index is -0.468. The molecule has 0 unspecified atom stereocenters. The Morgan fingerprint density at radius 3 is 2.79 bits per heavy atom. The van der Waals surface area contributed by atoms with Crippen LogP contribution in [0.25, 0.3) is 0 Å². The fourth-order valence-corrected chi connectivity index (χ4v) is 3.71. The molecule has 2 heterocycles. The summed E-state index contributed by atoms with van der Waals surface area (Å²) >= 11 is 1.58. The Bertz CT molecular complexity index is 764. The molecule has 124 valence electrons. The minimum Gasteiger partial charge on any atom is -0.324 e. The maximum atomic E-state index is 12.6. The summed E-state index contributed by atoms with van der Waals surface area (Å²) < 4.78 is 0. The second-order valence-corrected chi connectivity index (χ2v) is 6.82. The number of anilines is 1. The van der Waals surface area contributed by atoms with Crippen LogP contribution in [-0.4, -0.2) is 39.4 Å². The number of hydrogen-bond acceptors (Lipinski definition) is 4. The molecule has 1 N–H and O–H groups in total. The van der Waals surface area contributed by atoms with Crippen molar-refractivity contribution in [2.75, 3.05) is 16.9 Å². The van der Waals surface area contributed by atoms with Crippen LogP contribution in [0.15, 0.2) is 42.7 Å². The predicted molar refractivity (Wildman–Crippen MR) is 96.1 cm³/mol. The van der Waals surface area contributed by atoms with Crippen molar-refractivity contribution in [1.82, 2.24) is 9.88 Å². The molecule has 1 aromatic carbocycles. The van der Waals surface area contributed by atoms with Gasteiger partial charge in [-0.2, -0.15) is 0 Å². The summed E-state index contributed by atoms with van der Waals surface area (Å²) in [4.78, 5) is 30.8. The van der Waals surface area contributed by atoms with Crippen LogP contribution in [0.3, 0.4) is 0 Å². The van der Waals surface area contributed by atoms with E-state index in [-0.39, 0.29) is 11.8 Å². The van der Waals surface area contributed by atoms with E-state index in [1.54, 1.807) is 35.0 Å². The summed E-state index contributed by atoms with van der Waals surface area (Å²) in [6.45, 7) is 4.04. The Morgan fingerprint density at radius 2 is 2.08 bits per heavy atom. The highest BCUT2D eigenvalue weighted by atomic mass is 32.2. The van der Waals surface area contributed by atoms with Crippen LogP contribution in [0.2, 0.25) is 0 Å². The number of aromatic nitrogens is 1. The number of nitrogens with one attached hydrogen (secondary N) is 1. The van der Waals surface area contributed by atoms with E-state index >= 15 is 0 Å². The lowest BCUT2D eigenvalue weighted by Gasteiger charge is -2.23. The molecule has 1 aromatic heterocycles. The van der Waals surface area contributed by atoms with Crippen molar-refractivity contribution in [3.63, 3.8) is 0 Å². The van der Waals surface area contributed by atoms with Crippen molar-refractivity contribution in [2.45, 2.75) is 19.9 Å². The van der Waals surface area contributed by atoms with Crippen molar-refractivity contribution >= 4 is 29.3 Å². The number of amides is 2. The van der Waals surface area contributed by atoms with E-state index in [9.17, 15) is 9.59 Å². The molecule has 2 aromatic rings. The Hall–Kier alpha value is -2.34. The van der Waals surface area contributed by atoms with Gasteiger partial charge in [-0.05, 0) is 49.2 Å². The van der Waals surface area contributed by atoms with Crippen molar-refractivity contribution in [3.05, 3.63) is 59.4 Å². The molecule has 3 rings (SSSR count). The zero-order valence-electron chi connectivity index (χ0n) is 13.7. The summed E-state index contributed by atoms with van der Waals surface area (Å²) in [6, 6.07) is 8.78. The van der Waals surface area contributed by atoms with E-state index in [1.165, 1.54) is 11.8 Å². The zero-order valence-corrected chi connectivity index (χ0v) is 14.5.